The van der Waals surface area contributed by atoms with Crippen LogP contribution in [0.2, 0.25) is 0 Å². The number of anilines is 1. The second kappa shape index (κ2) is 18.4. The van der Waals surface area contributed by atoms with Gasteiger partial charge in [-0.25, -0.2) is 4.79 Å². The predicted molar refractivity (Wildman–Crippen MR) is 167 cm³/mol. The van der Waals surface area contributed by atoms with Gasteiger partial charge in [-0.1, -0.05) is 12.1 Å². The lowest BCUT2D eigenvalue weighted by Crippen LogP contribution is -2.44. The summed E-state index contributed by atoms with van der Waals surface area (Å²) in [5.74, 6) is -3.21. The second-order valence-electron chi connectivity index (χ2n) is 10.2. The van der Waals surface area contributed by atoms with Crippen molar-refractivity contribution in [3.05, 3.63) is 57.5 Å². The highest BCUT2D eigenvalue weighted by molar-refractivity contribution is 5.97. The Balaban J connectivity index is 1.54. The number of hydrogen-bond acceptors (Lipinski definition) is 11. The minimum absolute atomic E-state index is 0.0225. The first-order chi connectivity index (χ1) is 22.1. The molecule has 0 bridgehead atoms. The molecule has 2 aromatic heterocycles. The Morgan fingerprint density at radius 3 is 2.50 bits per heavy atom. The van der Waals surface area contributed by atoms with Crippen molar-refractivity contribution in [3.8, 4) is 0 Å². The highest BCUT2D eigenvalue weighted by atomic mass is 16.5. The van der Waals surface area contributed by atoms with E-state index in [-0.39, 0.29) is 56.5 Å². The van der Waals surface area contributed by atoms with Gasteiger partial charge in [0, 0.05) is 45.0 Å². The molecule has 0 saturated carbocycles. The number of methoxy groups -OCH3 is 1. The number of aryl methyl sites for hydroxylation is 2. The van der Waals surface area contributed by atoms with Crippen molar-refractivity contribution < 1.29 is 38.5 Å². The molecule has 0 fully saturated rings. The maximum atomic E-state index is 12.9. The summed E-state index contributed by atoms with van der Waals surface area (Å²) >= 11 is 0. The van der Waals surface area contributed by atoms with Crippen LogP contribution in [0.25, 0.3) is 11.0 Å². The maximum Gasteiger partial charge on any atom is 0.326 e. The summed E-state index contributed by atoms with van der Waals surface area (Å²) in [6, 6.07) is 5.22. The van der Waals surface area contributed by atoms with Gasteiger partial charge in [0.15, 0.2) is 0 Å². The molecule has 250 valence electrons. The van der Waals surface area contributed by atoms with Crippen molar-refractivity contribution in [2.75, 3.05) is 59.1 Å². The molecule has 16 heteroatoms. The molecule has 1 atom stereocenters. The van der Waals surface area contributed by atoms with Gasteiger partial charge in [0.25, 0.3) is 17.4 Å². The van der Waals surface area contributed by atoms with Gasteiger partial charge in [0.05, 0.1) is 18.6 Å². The van der Waals surface area contributed by atoms with E-state index in [4.69, 9.17) is 19.9 Å². The van der Waals surface area contributed by atoms with Gasteiger partial charge in [0.2, 0.25) is 11.9 Å². The minimum Gasteiger partial charge on any atom is -0.480 e. The van der Waals surface area contributed by atoms with Crippen molar-refractivity contribution in [3.63, 3.8) is 0 Å². The van der Waals surface area contributed by atoms with E-state index in [9.17, 15) is 29.1 Å². The van der Waals surface area contributed by atoms with E-state index in [0.29, 0.717) is 43.6 Å². The zero-order valence-electron chi connectivity index (χ0n) is 25.9. The molecule has 0 aliphatic carbocycles. The lowest BCUT2D eigenvalue weighted by Gasteiger charge is -2.22. The molecule has 0 aliphatic heterocycles. The molecule has 2 heterocycles. The van der Waals surface area contributed by atoms with E-state index in [1.807, 2.05) is 0 Å². The van der Waals surface area contributed by atoms with E-state index in [1.165, 1.54) is 0 Å². The summed E-state index contributed by atoms with van der Waals surface area (Å²) in [5, 5.41) is 15.7. The minimum atomic E-state index is -1.38. The van der Waals surface area contributed by atoms with Crippen LogP contribution in [0.1, 0.15) is 41.3 Å². The Kier molecular flexibility index (Phi) is 14.3. The number of rotatable bonds is 20. The Morgan fingerprint density at radius 1 is 1.07 bits per heavy atom. The number of nitrogens with two attached hydrogens (primary N) is 1. The number of amides is 3. The molecule has 3 aromatic rings. The van der Waals surface area contributed by atoms with Crippen LogP contribution in [0.4, 0.5) is 5.95 Å². The van der Waals surface area contributed by atoms with Crippen LogP contribution in [0, 0.1) is 0 Å². The van der Waals surface area contributed by atoms with E-state index in [1.54, 1.807) is 44.5 Å². The lowest BCUT2D eigenvalue weighted by molar-refractivity contribution is -0.154. The average molecular weight is 644 g/mol. The Bertz CT molecular complexity index is 1520. The molecule has 0 spiro atoms. The molecule has 3 amide bonds. The number of ether oxygens (including phenoxy) is 3. The number of nitrogens with zero attached hydrogens (tertiary/aromatic N) is 2. The van der Waals surface area contributed by atoms with E-state index < -0.39 is 29.7 Å². The fourth-order valence-electron chi connectivity index (χ4n) is 4.47. The topological polar surface area (TPSA) is 231 Å². The summed E-state index contributed by atoms with van der Waals surface area (Å²) in [6.45, 7) is 3.14. The van der Waals surface area contributed by atoms with Crippen molar-refractivity contribution in [1.29, 1.82) is 0 Å². The summed E-state index contributed by atoms with van der Waals surface area (Å²) in [5.41, 5.74) is 7.54. The number of carbonyl (C=O) groups excluding carboxylic acids is 3. The lowest BCUT2D eigenvalue weighted by atomic mass is 10.0. The smallest absolute Gasteiger partial charge is 0.326 e. The summed E-state index contributed by atoms with van der Waals surface area (Å²) < 4.78 is 15.5. The van der Waals surface area contributed by atoms with E-state index in [0.717, 1.165) is 16.0 Å². The Hall–Kier alpha value is -4.64. The molecule has 0 radical (unpaired) electrons. The number of aromatic amines is 2. The van der Waals surface area contributed by atoms with Gasteiger partial charge in [-0.15, -0.1) is 0 Å². The monoisotopic (exact) mass is 643 g/mol. The third-order valence-corrected chi connectivity index (χ3v) is 6.95. The first-order valence-corrected chi connectivity index (χ1v) is 14.8. The fraction of sp³-hybridized carbons (Fsp3) is 0.467. The van der Waals surface area contributed by atoms with Crippen molar-refractivity contribution >= 4 is 40.7 Å². The molecule has 46 heavy (non-hydrogen) atoms. The van der Waals surface area contributed by atoms with Gasteiger partial charge in [0.1, 0.15) is 25.0 Å². The zero-order valence-corrected chi connectivity index (χ0v) is 25.9. The van der Waals surface area contributed by atoms with Gasteiger partial charge in [-0.2, -0.15) is 4.98 Å². The first kappa shape index (κ1) is 35.8. The number of carboxylic acid groups (broad SMARTS) is 1. The van der Waals surface area contributed by atoms with Gasteiger partial charge < -0.3 is 40.7 Å². The number of aromatic nitrogens is 3. The quantitative estimate of drug-likeness (QED) is 0.0715. The average Bonchev–Trinajstić information content (AvgIpc) is 3.45. The molecular weight excluding hydrogens is 602 g/mol. The second-order valence-corrected chi connectivity index (χ2v) is 10.2. The number of benzene rings is 1. The molecule has 0 unspecified atom stereocenters. The van der Waals surface area contributed by atoms with E-state index in [2.05, 4.69) is 25.6 Å². The molecule has 3 rings (SSSR count). The largest absolute Gasteiger partial charge is 0.480 e. The van der Waals surface area contributed by atoms with Crippen molar-refractivity contribution in [2.45, 2.75) is 38.6 Å². The van der Waals surface area contributed by atoms with E-state index >= 15 is 0 Å². The van der Waals surface area contributed by atoms with Crippen LogP contribution < -0.4 is 21.9 Å². The van der Waals surface area contributed by atoms with Crippen LogP contribution in [0.5, 0.6) is 0 Å². The molecule has 1 aromatic carbocycles. The zero-order chi connectivity index (χ0) is 33.5. The number of imide groups is 1. The van der Waals surface area contributed by atoms with Crippen molar-refractivity contribution in [1.82, 2.24) is 30.5 Å². The fourth-order valence-corrected chi connectivity index (χ4v) is 4.47. The highest BCUT2D eigenvalue weighted by Gasteiger charge is 2.26. The van der Waals surface area contributed by atoms with Gasteiger partial charge in [-0.05, 0) is 49.4 Å². The molecule has 16 nitrogen and oxygen atoms in total. The van der Waals surface area contributed by atoms with Crippen LogP contribution in [-0.2, 0) is 41.4 Å². The van der Waals surface area contributed by atoms with Crippen molar-refractivity contribution in [2.24, 2.45) is 0 Å². The first-order valence-electron chi connectivity index (χ1n) is 14.8. The summed E-state index contributed by atoms with van der Waals surface area (Å²) in [4.78, 5) is 73.0. The number of carboxylic acids is 1. The Morgan fingerprint density at radius 2 is 1.80 bits per heavy atom. The number of fused-ring (bicyclic) bond motifs is 1. The maximum absolute atomic E-state index is 12.9. The van der Waals surface area contributed by atoms with Crippen LogP contribution in [0.15, 0.2) is 35.3 Å². The molecule has 0 aliphatic rings. The number of H-pyrrole nitrogens is 2. The van der Waals surface area contributed by atoms with Gasteiger partial charge in [-0.3, -0.25) is 29.1 Å². The number of nitrogen functional groups attached to an aromatic ring is 1. The van der Waals surface area contributed by atoms with Crippen LogP contribution >= 0.6 is 0 Å². The van der Waals surface area contributed by atoms with Crippen LogP contribution in [-0.4, -0.2) is 108 Å². The number of nitrogens with one attached hydrogen (secondary N) is 4. The Labute approximate surface area is 265 Å². The molecule has 0 saturated heterocycles. The number of hydrogen-bond donors (Lipinski definition) is 6. The third-order valence-electron chi connectivity index (χ3n) is 6.95. The summed E-state index contributed by atoms with van der Waals surface area (Å²) in [6.07, 6.45) is 2.21. The number of aliphatic carboxylic acids is 1. The summed E-state index contributed by atoms with van der Waals surface area (Å²) in [7, 11) is 1.58. The normalized spacial score (nSPS) is 11.8. The number of carbonyl (C=O) groups is 4. The molecular formula is C30H41N7O9. The third kappa shape index (κ3) is 10.8. The van der Waals surface area contributed by atoms with Gasteiger partial charge >= 0.3 is 5.97 Å². The highest BCUT2D eigenvalue weighted by Crippen LogP contribution is 2.16. The van der Waals surface area contributed by atoms with Crippen LogP contribution in [0.3, 0.4) is 0 Å². The standard InChI is InChI=1S/C30H41N7O9/c1-3-45-17-24(39)37(18-46-15-13-32-12-14-44-2)23(38)11-10-22(29(42)43)34-27(40)20-7-4-19(5-8-20)6-9-21-16-33-26-25(21)28(41)36-30(31)35-26/h4-5,7-8,16,22,32H,3,6,9-15,17-18H2,1-2H3,(H,34,40)(H,42,43)(H4,31,33,35,36,41)/t22-/m1/s1. The SMILES string of the molecule is CCOCC(=O)N(COCCNCCOC)C(=O)CC[C@@H](NC(=O)c1ccc(CCc2c[nH]c3nc(N)[nH]c(=O)c23)cc1)C(=O)O. The molecule has 7 N–H and O–H groups in total. The predicted octanol–water partition coefficient (Wildman–Crippen LogP) is 0.184.